The summed E-state index contributed by atoms with van der Waals surface area (Å²) in [6.45, 7) is 3.78. The second-order valence-electron chi connectivity index (χ2n) is 7.90. The lowest BCUT2D eigenvalue weighted by molar-refractivity contribution is -0.146. The zero-order chi connectivity index (χ0) is 20.1. The molecule has 0 aliphatic carbocycles. The van der Waals surface area contributed by atoms with Gasteiger partial charge in [-0.15, -0.1) is 0 Å². The van der Waals surface area contributed by atoms with Crippen LogP contribution in [-0.4, -0.2) is 61.8 Å². The molecule has 1 N–H and O–H groups in total. The second kappa shape index (κ2) is 6.70. The first-order chi connectivity index (χ1) is 13.3. The molecule has 8 nitrogen and oxygen atoms in total. The lowest BCUT2D eigenvalue weighted by Crippen LogP contribution is -2.56. The largest absolute Gasteiger partial charge is 0.481 e. The van der Waals surface area contributed by atoms with Crippen LogP contribution in [0.2, 0.25) is 0 Å². The molecule has 1 amide bonds. The molecule has 0 bridgehead atoms. The zero-order valence-corrected chi connectivity index (χ0v) is 16.1. The van der Waals surface area contributed by atoms with Crippen LogP contribution in [0.25, 0.3) is 5.65 Å². The Hall–Kier alpha value is -2.74. The molecule has 2 aliphatic heterocycles. The topological polar surface area (TPSA) is 95.2 Å². The standard InChI is InChI=1S/C20H24N4O4/c1-13-4-3-7-24-17(26)10-14(21-18(13)24)12-23-8-5-20(6-9-23)15(19(27)28)11-16(25)22(20)2/h3-4,7,10,15H,5-6,8-9,11-12H2,1-2H3,(H,27,28)/t15-/m1/s1. The molecular weight excluding hydrogens is 360 g/mol. The van der Waals surface area contributed by atoms with E-state index in [-0.39, 0.29) is 17.9 Å². The van der Waals surface area contributed by atoms with E-state index < -0.39 is 17.4 Å². The lowest BCUT2D eigenvalue weighted by Gasteiger charge is -2.45. The highest BCUT2D eigenvalue weighted by Crippen LogP contribution is 2.42. The summed E-state index contributed by atoms with van der Waals surface area (Å²) in [4.78, 5) is 44.7. The van der Waals surface area contributed by atoms with Crippen LogP contribution in [0.4, 0.5) is 0 Å². The Kier molecular flexibility index (Phi) is 4.45. The minimum absolute atomic E-state index is 0.0775. The summed E-state index contributed by atoms with van der Waals surface area (Å²) in [6, 6.07) is 5.31. The molecule has 0 aromatic carbocycles. The molecule has 4 rings (SSSR count). The number of hydrogen-bond acceptors (Lipinski definition) is 5. The Balaban J connectivity index is 1.53. The lowest BCUT2D eigenvalue weighted by atomic mass is 9.77. The molecule has 4 heterocycles. The number of piperidine rings is 1. The van der Waals surface area contributed by atoms with E-state index >= 15 is 0 Å². The van der Waals surface area contributed by atoms with Crippen molar-refractivity contribution in [1.29, 1.82) is 0 Å². The highest BCUT2D eigenvalue weighted by molar-refractivity contribution is 5.88. The van der Waals surface area contributed by atoms with E-state index in [1.165, 1.54) is 0 Å². The molecule has 1 spiro atoms. The zero-order valence-electron chi connectivity index (χ0n) is 16.1. The van der Waals surface area contributed by atoms with Crippen molar-refractivity contribution in [2.45, 2.75) is 38.3 Å². The Morgan fingerprint density at radius 3 is 2.71 bits per heavy atom. The number of rotatable bonds is 3. The van der Waals surface area contributed by atoms with Crippen LogP contribution < -0.4 is 5.56 Å². The fourth-order valence-electron chi connectivity index (χ4n) is 4.70. The summed E-state index contributed by atoms with van der Waals surface area (Å²) in [7, 11) is 1.72. The van der Waals surface area contributed by atoms with Gasteiger partial charge >= 0.3 is 5.97 Å². The van der Waals surface area contributed by atoms with Crippen LogP contribution in [0, 0.1) is 12.8 Å². The van der Waals surface area contributed by atoms with Crippen molar-refractivity contribution >= 4 is 17.5 Å². The highest BCUT2D eigenvalue weighted by atomic mass is 16.4. The molecule has 2 fully saturated rings. The quantitative estimate of drug-likeness (QED) is 0.845. The van der Waals surface area contributed by atoms with Gasteiger partial charge in [-0.3, -0.25) is 23.7 Å². The summed E-state index contributed by atoms with van der Waals surface area (Å²) in [5.41, 5.74) is 1.59. The average molecular weight is 384 g/mol. The van der Waals surface area contributed by atoms with Crippen molar-refractivity contribution < 1.29 is 14.7 Å². The first-order valence-corrected chi connectivity index (χ1v) is 9.51. The number of carboxylic acids is 1. The molecule has 2 aromatic rings. The number of pyridine rings is 1. The van der Waals surface area contributed by atoms with Crippen molar-refractivity contribution in [1.82, 2.24) is 19.2 Å². The maximum Gasteiger partial charge on any atom is 0.309 e. The minimum atomic E-state index is -0.897. The van der Waals surface area contributed by atoms with Gasteiger partial charge in [0.05, 0.1) is 17.2 Å². The van der Waals surface area contributed by atoms with E-state index in [9.17, 15) is 19.5 Å². The molecule has 28 heavy (non-hydrogen) atoms. The van der Waals surface area contributed by atoms with Crippen molar-refractivity contribution in [2.75, 3.05) is 20.1 Å². The van der Waals surface area contributed by atoms with Gasteiger partial charge < -0.3 is 10.0 Å². The van der Waals surface area contributed by atoms with Gasteiger partial charge in [-0.2, -0.15) is 0 Å². The molecule has 2 aliphatic rings. The van der Waals surface area contributed by atoms with Crippen LogP contribution in [-0.2, 0) is 16.1 Å². The number of amides is 1. The fourth-order valence-corrected chi connectivity index (χ4v) is 4.70. The molecule has 8 heteroatoms. The summed E-state index contributed by atoms with van der Waals surface area (Å²) in [5, 5.41) is 9.58. The van der Waals surface area contributed by atoms with E-state index in [0.717, 1.165) is 5.56 Å². The number of hydrogen-bond donors (Lipinski definition) is 1. The van der Waals surface area contributed by atoms with Crippen molar-refractivity contribution in [2.24, 2.45) is 5.92 Å². The first-order valence-electron chi connectivity index (χ1n) is 9.51. The third-order valence-electron chi connectivity index (χ3n) is 6.41. The fraction of sp³-hybridized carbons (Fsp3) is 0.500. The number of aromatic nitrogens is 2. The van der Waals surface area contributed by atoms with Crippen LogP contribution >= 0.6 is 0 Å². The predicted octanol–water partition coefficient (Wildman–Crippen LogP) is 0.900. The Bertz CT molecular complexity index is 1010. The SMILES string of the molecule is Cc1cccn2c(=O)cc(CN3CCC4(CC3)[C@@H](C(=O)O)CC(=O)N4C)nc12. The van der Waals surface area contributed by atoms with Crippen LogP contribution in [0.3, 0.4) is 0 Å². The number of carbonyl (C=O) groups excluding carboxylic acids is 1. The van der Waals surface area contributed by atoms with Crippen LogP contribution in [0.15, 0.2) is 29.2 Å². The van der Waals surface area contributed by atoms with E-state index in [1.807, 2.05) is 19.1 Å². The van der Waals surface area contributed by atoms with E-state index in [0.29, 0.717) is 43.8 Å². The van der Waals surface area contributed by atoms with Gasteiger partial charge in [0.2, 0.25) is 5.91 Å². The van der Waals surface area contributed by atoms with E-state index in [1.54, 1.807) is 28.6 Å². The minimum Gasteiger partial charge on any atom is -0.481 e. The molecule has 0 saturated carbocycles. The van der Waals surface area contributed by atoms with Gasteiger partial charge in [0.25, 0.3) is 5.56 Å². The van der Waals surface area contributed by atoms with Gasteiger partial charge in [0, 0.05) is 45.4 Å². The van der Waals surface area contributed by atoms with E-state index in [4.69, 9.17) is 0 Å². The number of fused-ring (bicyclic) bond motifs is 1. The molecule has 0 radical (unpaired) electrons. The average Bonchev–Trinajstić information content (AvgIpc) is 2.90. The van der Waals surface area contributed by atoms with Crippen molar-refractivity contribution in [3.63, 3.8) is 0 Å². The van der Waals surface area contributed by atoms with E-state index in [2.05, 4.69) is 9.88 Å². The summed E-state index contributed by atoms with van der Waals surface area (Å²) in [6.07, 6.45) is 3.01. The summed E-state index contributed by atoms with van der Waals surface area (Å²) in [5.74, 6) is -1.65. The molecular formula is C20H24N4O4. The maximum absolute atomic E-state index is 12.4. The maximum atomic E-state index is 12.4. The number of aryl methyl sites for hydroxylation is 1. The number of aliphatic carboxylic acids is 1. The van der Waals surface area contributed by atoms with Gasteiger partial charge in [0.15, 0.2) is 0 Å². The number of nitrogens with zero attached hydrogens (tertiary/aromatic N) is 4. The van der Waals surface area contributed by atoms with Crippen molar-refractivity contribution in [3.05, 3.63) is 46.0 Å². The normalized spacial score (nSPS) is 22.3. The van der Waals surface area contributed by atoms with Gasteiger partial charge in [-0.1, -0.05) is 6.07 Å². The Labute approximate surface area is 162 Å². The summed E-state index contributed by atoms with van der Waals surface area (Å²) >= 11 is 0. The molecule has 0 unspecified atom stereocenters. The van der Waals surface area contributed by atoms with Crippen LogP contribution in [0.1, 0.15) is 30.5 Å². The Morgan fingerprint density at radius 2 is 2.04 bits per heavy atom. The molecule has 2 saturated heterocycles. The smallest absolute Gasteiger partial charge is 0.309 e. The second-order valence-corrected chi connectivity index (χ2v) is 7.90. The third kappa shape index (κ3) is 2.88. The van der Waals surface area contributed by atoms with Crippen molar-refractivity contribution in [3.8, 4) is 0 Å². The Morgan fingerprint density at radius 1 is 1.32 bits per heavy atom. The highest BCUT2D eigenvalue weighted by Gasteiger charge is 2.55. The van der Waals surface area contributed by atoms with Gasteiger partial charge in [0.1, 0.15) is 5.65 Å². The number of carboxylic acid groups (broad SMARTS) is 1. The molecule has 2 aromatic heterocycles. The third-order valence-corrected chi connectivity index (χ3v) is 6.41. The first kappa shape index (κ1) is 18.6. The molecule has 1 atom stereocenters. The number of carbonyl (C=O) groups is 2. The van der Waals surface area contributed by atoms with Crippen LogP contribution in [0.5, 0.6) is 0 Å². The molecule has 148 valence electrons. The van der Waals surface area contributed by atoms with Gasteiger partial charge in [-0.05, 0) is 31.4 Å². The van der Waals surface area contributed by atoms with Gasteiger partial charge in [-0.25, -0.2) is 4.98 Å². The number of likely N-dealkylation sites (tertiary alicyclic amines) is 2. The summed E-state index contributed by atoms with van der Waals surface area (Å²) < 4.78 is 1.54. The monoisotopic (exact) mass is 384 g/mol. The predicted molar refractivity (Wildman–Crippen MR) is 102 cm³/mol.